The van der Waals surface area contributed by atoms with Gasteiger partial charge in [-0.2, -0.15) is 10.1 Å². The normalized spacial score (nSPS) is 15.4. The van der Waals surface area contributed by atoms with E-state index in [1.54, 1.807) is 25.3 Å². The number of ether oxygens (including phenoxy) is 3. The van der Waals surface area contributed by atoms with Gasteiger partial charge in [0, 0.05) is 5.56 Å². The first kappa shape index (κ1) is 20.2. The fourth-order valence-corrected chi connectivity index (χ4v) is 3.64. The van der Waals surface area contributed by atoms with Crippen molar-refractivity contribution in [1.82, 2.24) is 19.9 Å². The third kappa shape index (κ3) is 3.82. The third-order valence-electron chi connectivity index (χ3n) is 5.24. The van der Waals surface area contributed by atoms with E-state index in [1.807, 2.05) is 29.8 Å². The lowest BCUT2D eigenvalue weighted by molar-refractivity contribution is -0.00116. The second-order valence-corrected chi connectivity index (χ2v) is 7.28. The minimum absolute atomic E-state index is 0.203. The Morgan fingerprint density at radius 3 is 2.75 bits per heavy atom. The van der Waals surface area contributed by atoms with Crippen molar-refractivity contribution < 1.29 is 23.1 Å². The Morgan fingerprint density at radius 2 is 1.97 bits per heavy atom. The van der Waals surface area contributed by atoms with Crippen molar-refractivity contribution in [3.63, 3.8) is 0 Å². The Hall–Kier alpha value is -3.72. The highest BCUT2D eigenvalue weighted by Gasteiger charge is 2.24. The van der Waals surface area contributed by atoms with Crippen molar-refractivity contribution in [3.05, 3.63) is 65.6 Å². The van der Waals surface area contributed by atoms with Gasteiger partial charge in [-0.25, -0.2) is 4.39 Å². The van der Waals surface area contributed by atoms with E-state index in [-0.39, 0.29) is 11.9 Å². The minimum atomic E-state index is -0.274. The zero-order valence-electron chi connectivity index (χ0n) is 17.6. The molecule has 1 aliphatic heterocycles. The number of fused-ring (bicyclic) bond motifs is 1. The van der Waals surface area contributed by atoms with E-state index in [9.17, 15) is 4.39 Å². The van der Waals surface area contributed by atoms with Gasteiger partial charge in [0.1, 0.15) is 11.9 Å². The number of hydrogen-bond acceptors (Lipinski definition) is 7. The molecule has 0 fully saturated rings. The monoisotopic (exact) mass is 436 g/mol. The van der Waals surface area contributed by atoms with Gasteiger partial charge in [-0.1, -0.05) is 17.3 Å². The molecule has 5 rings (SSSR count). The fraction of sp³-hybridized carbons (Fsp3) is 0.261. The second kappa shape index (κ2) is 8.43. The molecule has 1 atom stereocenters. The van der Waals surface area contributed by atoms with E-state index in [2.05, 4.69) is 15.2 Å². The summed E-state index contributed by atoms with van der Waals surface area (Å²) in [6.45, 7) is 3.31. The van der Waals surface area contributed by atoms with Crippen molar-refractivity contribution in [2.24, 2.45) is 0 Å². The van der Waals surface area contributed by atoms with Gasteiger partial charge in [0.15, 0.2) is 17.2 Å². The Kier molecular flexibility index (Phi) is 5.32. The molecule has 9 heteroatoms. The van der Waals surface area contributed by atoms with Crippen molar-refractivity contribution in [3.8, 4) is 34.5 Å². The highest BCUT2D eigenvalue weighted by Crippen LogP contribution is 2.33. The molecular formula is C23H21FN4O4. The maximum Gasteiger partial charge on any atom is 0.278 e. The van der Waals surface area contributed by atoms with Crippen LogP contribution in [0.3, 0.4) is 0 Å². The molecule has 0 aliphatic carbocycles. The Labute approximate surface area is 183 Å². The molecule has 8 nitrogen and oxygen atoms in total. The highest BCUT2D eigenvalue weighted by atomic mass is 19.1. The lowest BCUT2D eigenvalue weighted by atomic mass is 10.1. The third-order valence-corrected chi connectivity index (χ3v) is 5.24. The lowest BCUT2D eigenvalue weighted by Crippen LogP contribution is -2.21. The quantitative estimate of drug-likeness (QED) is 0.442. The Morgan fingerprint density at radius 1 is 1.12 bits per heavy atom. The summed E-state index contributed by atoms with van der Waals surface area (Å²) in [5.74, 6) is 1.71. The van der Waals surface area contributed by atoms with E-state index < -0.39 is 0 Å². The first-order valence-corrected chi connectivity index (χ1v) is 10.2. The molecular weight excluding hydrogens is 415 g/mol. The van der Waals surface area contributed by atoms with Crippen LogP contribution in [0.2, 0.25) is 0 Å². The van der Waals surface area contributed by atoms with E-state index >= 15 is 0 Å². The first-order chi connectivity index (χ1) is 15.6. The Balaban J connectivity index is 1.38. The summed E-state index contributed by atoms with van der Waals surface area (Å²) in [5.41, 5.74) is 3.12. The molecule has 0 bridgehead atoms. The maximum atomic E-state index is 13.2. The molecule has 1 aliphatic rings. The van der Waals surface area contributed by atoms with Gasteiger partial charge in [-0.3, -0.25) is 4.68 Å². The average Bonchev–Trinajstić information content (AvgIpc) is 3.46. The first-order valence-electron chi connectivity index (χ1n) is 10.2. The van der Waals surface area contributed by atoms with Crippen LogP contribution in [-0.4, -0.2) is 33.6 Å². The number of nitrogens with zero attached hydrogens (tertiary/aromatic N) is 4. The topological polar surface area (TPSA) is 84.4 Å². The van der Waals surface area contributed by atoms with Gasteiger partial charge in [0.2, 0.25) is 5.82 Å². The van der Waals surface area contributed by atoms with E-state index in [0.29, 0.717) is 48.7 Å². The van der Waals surface area contributed by atoms with Crippen LogP contribution < -0.4 is 9.47 Å². The predicted octanol–water partition coefficient (Wildman–Crippen LogP) is 4.42. The zero-order valence-corrected chi connectivity index (χ0v) is 17.6. The van der Waals surface area contributed by atoms with E-state index in [0.717, 1.165) is 16.8 Å². The number of halogens is 1. The molecule has 2 aromatic carbocycles. The standard InChI is InChI=1S/C23H21FN4O4/c1-3-30-20-10-15(6-9-19(20)29-2)22-25-23(32-27-22)18-11-17-13-31-21(12-28(17)26-18)14-4-7-16(24)8-5-14/h4-11,21H,3,12-13H2,1-2H3/t21-/m1/s1. The van der Waals surface area contributed by atoms with Gasteiger partial charge < -0.3 is 18.7 Å². The summed E-state index contributed by atoms with van der Waals surface area (Å²) in [4.78, 5) is 4.51. The predicted molar refractivity (Wildman–Crippen MR) is 113 cm³/mol. The van der Waals surface area contributed by atoms with E-state index in [1.165, 1.54) is 12.1 Å². The SMILES string of the molecule is CCOc1cc(-c2noc(-c3cc4n(n3)C[C@H](c3ccc(F)cc3)OC4)n2)ccc1OC. The highest BCUT2D eigenvalue weighted by molar-refractivity contribution is 5.62. The summed E-state index contributed by atoms with van der Waals surface area (Å²) in [5, 5.41) is 8.72. The number of rotatable bonds is 6. The molecule has 0 unspecified atom stereocenters. The van der Waals surface area contributed by atoms with Gasteiger partial charge >= 0.3 is 0 Å². The largest absolute Gasteiger partial charge is 0.493 e. The number of hydrogen-bond donors (Lipinski definition) is 0. The molecule has 0 N–H and O–H groups in total. The summed E-state index contributed by atoms with van der Waals surface area (Å²) < 4.78 is 37.4. The summed E-state index contributed by atoms with van der Waals surface area (Å²) in [6, 6.07) is 13.6. The van der Waals surface area contributed by atoms with Crippen molar-refractivity contribution in [2.45, 2.75) is 26.2 Å². The molecule has 32 heavy (non-hydrogen) atoms. The fourth-order valence-electron chi connectivity index (χ4n) is 3.64. The number of benzene rings is 2. The molecule has 0 saturated heterocycles. The van der Waals surface area contributed by atoms with Gasteiger partial charge in [0.05, 0.1) is 32.6 Å². The molecule has 164 valence electrons. The summed E-state index contributed by atoms with van der Waals surface area (Å²) in [7, 11) is 1.59. The molecule has 0 radical (unpaired) electrons. The molecule has 0 saturated carbocycles. The van der Waals surface area contributed by atoms with Gasteiger partial charge in [-0.15, -0.1) is 0 Å². The minimum Gasteiger partial charge on any atom is -0.493 e. The molecule has 2 aromatic heterocycles. The van der Waals surface area contributed by atoms with Crippen LogP contribution in [0.15, 0.2) is 53.1 Å². The van der Waals surface area contributed by atoms with Crippen molar-refractivity contribution in [2.75, 3.05) is 13.7 Å². The van der Waals surface area contributed by atoms with Gasteiger partial charge in [0.25, 0.3) is 5.89 Å². The average molecular weight is 436 g/mol. The van der Waals surface area contributed by atoms with Gasteiger partial charge in [-0.05, 0) is 48.9 Å². The number of methoxy groups -OCH3 is 1. The van der Waals surface area contributed by atoms with Crippen molar-refractivity contribution >= 4 is 0 Å². The van der Waals surface area contributed by atoms with Crippen LogP contribution in [0.1, 0.15) is 24.3 Å². The second-order valence-electron chi connectivity index (χ2n) is 7.28. The van der Waals surface area contributed by atoms with Crippen LogP contribution in [0.4, 0.5) is 4.39 Å². The van der Waals surface area contributed by atoms with Crippen LogP contribution >= 0.6 is 0 Å². The van der Waals surface area contributed by atoms with Crippen LogP contribution in [-0.2, 0) is 17.9 Å². The Bertz CT molecular complexity index is 1240. The smallest absolute Gasteiger partial charge is 0.278 e. The summed E-state index contributed by atoms with van der Waals surface area (Å²) in [6.07, 6.45) is -0.203. The van der Waals surface area contributed by atoms with Crippen LogP contribution in [0.25, 0.3) is 23.0 Å². The molecule has 0 spiro atoms. The van der Waals surface area contributed by atoms with Crippen LogP contribution in [0.5, 0.6) is 11.5 Å². The zero-order chi connectivity index (χ0) is 22.1. The maximum absolute atomic E-state index is 13.2. The summed E-state index contributed by atoms with van der Waals surface area (Å²) >= 11 is 0. The van der Waals surface area contributed by atoms with E-state index in [4.69, 9.17) is 18.7 Å². The van der Waals surface area contributed by atoms with Crippen molar-refractivity contribution in [1.29, 1.82) is 0 Å². The lowest BCUT2D eigenvalue weighted by Gasteiger charge is -2.24. The molecule has 4 aromatic rings. The molecule has 0 amide bonds. The molecule has 3 heterocycles. The number of aromatic nitrogens is 4. The van der Waals surface area contributed by atoms with Crippen LogP contribution in [0, 0.1) is 5.82 Å².